The van der Waals surface area contributed by atoms with E-state index in [2.05, 4.69) is 5.43 Å². The van der Waals surface area contributed by atoms with Gasteiger partial charge in [-0.25, -0.2) is 12.8 Å². The van der Waals surface area contributed by atoms with E-state index in [0.29, 0.717) is 0 Å². The number of halogens is 1. The predicted molar refractivity (Wildman–Crippen MR) is 90.9 cm³/mol. The molecular weight excluding hydrogens is 347 g/mol. The smallest absolute Gasteiger partial charge is 0.275 e. The minimum absolute atomic E-state index is 0.0265. The van der Waals surface area contributed by atoms with E-state index in [1.807, 2.05) is 11.8 Å². The summed E-state index contributed by atoms with van der Waals surface area (Å²) in [5.74, 6) is -1.46. The van der Waals surface area contributed by atoms with E-state index < -0.39 is 27.9 Å². The van der Waals surface area contributed by atoms with Crippen molar-refractivity contribution >= 4 is 15.9 Å². The van der Waals surface area contributed by atoms with Crippen LogP contribution in [0.5, 0.6) is 5.75 Å². The highest BCUT2D eigenvalue weighted by molar-refractivity contribution is 7.89. The molecule has 134 valence electrons. The monoisotopic (exact) mass is 366 g/mol. The van der Waals surface area contributed by atoms with Gasteiger partial charge in [0, 0.05) is 0 Å². The summed E-state index contributed by atoms with van der Waals surface area (Å²) in [6.45, 7) is 5.03. The van der Waals surface area contributed by atoms with Crippen LogP contribution in [0, 0.1) is 19.7 Å². The number of hydrogen-bond donors (Lipinski definition) is 2. The van der Waals surface area contributed by atoms with Crippen molar-refractivity contribution in [3.05, 3.63) is 59.4 Å². The number of hydrazine groups is 1. The molecule has 0 bridgehead atoms. The second kappa shape index (κ2) is 7.62. The summed E-state index contributed by atoms with van der Waals surface area (Å²) in [7, 11) is -3.92. The lowest BCUT2D eigenvalue weighted by molar-refractivity contribution is -0.127. The Labute approximate surface area is 146 Å². The average Bonchev–Trinajstić information content (AvgIpc) is 2.57. The number of aryl methyl sites for hydroxylation is 2. The molecule has 1 amide bonds. The third-order valence-corrected chi connectivity index (χ3v) is 4.85. The zero-order valence-electron chi connectivity index (χ0n) is 14.0. The van der Waals surface area contributed by atoms with Crippen molar-refractivity contribution in [2.75, 3.05) is 0 Å². The standard InChI is InChI=1S/C17H19FN2O4S/c1-11-8-9-14(10-12(11)2)25(22,23)20-19-17(21)13(3)24-16-7-5-4-6-15(16)18/h4-10,13,20H,1-3H3,(H,19,21)/t13-/m1/s1. The Morgan fingerprint density at radius 1 is 1.12 bits per heavy atom. The summed E-state index contributed by atoms with van der Waals surface area (Å²) in [6.07, 6.45) is -1.10. The first-order valence-electron chi connectivity index (χ1n) is 7.51. The molecule has 0 radical (unpaired) electrons. The first kappa shape index (κ1) is 18.9. The molecule has 0 aromatic heterocycles. The molecule has 2 rings (SSSR count). The molecule has 0 saturated carbocycles. The van der Waals surface area contributed by atoms with Gasteiger partial charge in [0.25, 0.3) is 15.9 Å². The molecule has 2 aromatic carbocycles. The van der Waals surface area contributed by atoms with Crippen LogP contribution in [-0.2, 0) is 14.8 Å². The lowest BCUT2D eigenvalue weighted by Gasteiger charge is -2.16. The summed E-state index contributed by atoms with van der Waals surface area (Å²) in [4.78, 5) is 14.0. The maximum Gasteiger partial charge on any atom is 0.275 e. The molecule has 2 aromatic rings. The molecule has 0 aliphatic rings. The largest absolute Gasteiger partial charge is 0.478 e. The van der Waals surface area contributed by atoms with Gasteiger partial charge in [0.15, 0.2) is 17.7 Å². The fraction of sp³-hybridized carbons (Fsp3) is 0.235. The fourth-order valence-corrected chi connectivity index (χ4v) is 2.88. The maximum atomic E-state index is 13.5. The number of para-hydroxylation sites is 1. The topological polar surface area (TPSA) is 84.5 Å². The van der Waals surface area contributed by atoms with Crippen LogP contribution in [0.2, 0.25) is 0 Å². The lowest BCUT2D eigenvalue weighted by atomic mass is 10.1. The van der Waals surface area contributed by atoms with Gasteiger partial charge in [0.2, 0.25) is 0 Å². The Kier molecular flexibility index (Phi) is 5.76. The first-order valence-corrected chi connectivity index (χ1v) is 8.99. The van der Waals surface area contributed by atoms with Crippen LogP contribution in [-0.4, -0.2) is 20.4 Å². The van der Waals surface area contributed by atoms with E-state index in [1.54, 1.807) is 19.1 Å². The summed E-state index contributed by atoms with van der Waals surface area (Å²) < 4.78 is 43.1. The zero-order valence-corrected chi connectivity index (χ0v) is 14.9. The quantitative estimate of drug-likeness (QED) is 0.768. The van der Waals surface area contributed by atoms with Crippen molar-refractivity contribution in [3.8, 4) is 5.75 Å². The Balaban J connectivity index is 2.00. The van der Waals surface area contributed by atoms with Gasteiger partial charge in [-0.3, -0.25) is 10.2 Å². The molecule has 0 unspecified atom stereocenters. The van der Waals surface area contributed by atoms with Crippen LogP contribution < -0.4 is 15.0 Å². The molecule has 2 N–H and O–H groups in total. The van der Waals surface area contributed by atoms with Crippen molar-refractivity contribution in [3.63, 3.8) is 0 Å². The van der Waals surface area contributed by atoms with Gasteiger partial charge in [-0.05, 0) is 56.2 Å². The van der Waals surface area contributed by atoms with Crippen LogP contribution in [0.15, 0.2) is 47.4 Å². The number of carbonyl (C=O) groups is 1. The molecule has 0 aliphatic carbocycles. The summed E-state index contributed by atoms with van der Waals surface area (Å²) in [5.41, 5.74) is 3.83. The van der Waals surface area contributed by atoms with Crippen LogP contribution >= 0.6 is 0 Å². The van der Waals surface area contributed by atoms with Crippen LogP contribution in [0.4, 0.5) is 4.39 Å². The molecule has 0 fully saturated rings. The van der Waals surface area contributed by atoms with Gasteiger partial charge in [0.1, 0.15) is 0 Å². The van der Waals surface area contributed by atoms with Gasteiger partial charge >= 0.3 is 0 Å². The van der Waals surface area contributed by atoms with Crippen molar-refractivity contribution in [1.29, 1.82) is 0 Å². The Hall–Kier alpha value is -2.45. The maximum absolute atomic E-state index is 13.5. The highest BCUT2D eigenvalue weighted by Gasteiger charge is 2.20. The summed E-state index contributed by atoms with van der Waals surface area (Å²) >= 11 is 0. The van der Waals surface area contributed by atoms with Gasteiger partial charge < -0.3 is 4.74 Å². The van der Waals surface area contributed by atoms with E-state index in [-0.39, 0.29) is 10.6 Å². The van der Waals surface area contributed by atoms with Crippen molar-refractivity contribution in [1.82, 2.24) is 10.3 Å². The normalized spacial score (nSPS) is 12.5. The van der Waals surface area contributed by atoms with E-state index in [4.69, 9.17) is 4.74 Å². The molecule has 6 nitrogen and oxygen atoms in total. The number of benzene rings is 2. The molecular formula is C17H19FN2O4S. The number of amides is 1. The number of sulfonamides is 1. The van der Waals surface area contributed by atoms with E-state index >= 15 is 0 Å². The zero-order chi connectivity index (χ0) is 18.6. The molecule has 0 heterocycles. The molecule has 25 heavy (non-hydrogen) atoms. The first-order chi connectivity index (χ1) is 11.7. The Morgan fingerprint density at radius 3 is 2.44 bits per heavy atom. The number of nitrogens with one attached hydrogen (secondary N) is 2. The molecule has 0 spiro atoms. The lowest BCUT2D eigenvalue weighted by Crippen LogP contribution is -2.47. The summed E-state index contributed by atoms with van der Waals surface area (Å²) in [6, 6.07) is 10.2. The second-order valence-corrected chi connectivity index (χ2v) is 7.21. The van der Waals surface area contributed by atoms with Gasteiger partial charge in [-0.1, -0.05) is 18.2 Å². The molecule has 1 atom stereocenters. The van der Waals surface area contributed by atoms with Crippen LogP contribution in [0.1, 0.15) is 18.1 Å². The minimum Gasteiger partial charge on any atom is -0.478 e. The third-order valence-electron chi connectivity index (χ3n) is 3.61. The highest BCUT2D eigenvalue weighted by atomic mass is 32.2. The van der Waals surface area contributed by atoms with E-state index in [0.717, 1.165) is 11.1 Å². The third kappa shape index (κ3) is 4.77. The molecule has 0 saturated heterocycles. The van der Waals surface area contributed by atoms with Gasteiger partial charge in [-0.2, -0.15) is 0 Å². The van der Waals surface area contributed by atoms with E-state index in [9.17, 15) is 17.6 Å². The fourth-order valence-electron chi connectivity index (χ4n) is 1.94. The summed E-state index contributed by atoms with van der Waals surface area (Å²) in [5, 5.41) is 0. The Bertz CT molecular complexity index is 884. The van der Waals surface area contributed by atoms with E-state index in [1.165, 1.54) is 37.3 Å². The van der Waals surface area contributed by atoms with Gasteiger partial charge in [-0.15, -0.1) is 4.83 Å². The average molecular weight is 366 g/mol. The number of hydrogen-bond acceptors (Lipinski definition) is 4. The number of carbonyl (C=O) groups excluding carboxylic acids is 1. The predicted octanol–water partition coefficient (Wildman–Crippen LogP) is 2.22. The highest BCUT2D eigenvalue weighted by Crippen LogP contribution is 2.17. The van der Waals surface area contributed by atoms with Crippen LogP contribution in [0.25, 0.3) is 0 Å². The van der Waals surface area contributed by atoms with Gasteiger partial charge in [0.05, 0.1) is 4.90 Å². The van der Waals surface area contributed by atoms with Crippen molar-refractivity contribution < 1.29 is 22.3 Å². The number of ether oxygens (including phenoxy) is 1. The van der Waals surface area contributed by atoms with Crippen molar-refractivity contribution in [2.24, 2.45) is 0 Å². The SMILES string of the molecule is Cc1ccc(S(=O)(=O)NNC(=O)[C@@H](C)Oc2ccccc2F)cc1C. The second-order valence-electron chi connectivity index (χ2n) is 5.53. The minimum atomic E-state index is -3.92. The molecule has 8 heteroatoms. The van der Waals surface area contributed by atoms with Crippen molar-refractivity contribution in [2.45, 2.75) is 31.8 Å². The molecule has 0 aliphatic heterocycles. The Morgan fingerprint density at radius 2 is 1.80 bits per heavy atom. The van der Waals surface area contributed by atoms with Crippen LogP contribution in [0.3, 0.4) is 0 Å². The number of rotatable bonds is 6.